The van der Waals surface area contributed by atoms with Gasteiger partial charge in [-0.05, 0) is 29.5 Å². The fourth-order valence-electron chi connectivity index (χ4n) is 2.52. The zero-order valence-electron chi connectivity index (χ0n) is 14.2. The highest BCUT2D eigenvalue weighted by Crippen LogP contribution is 2.30. The molecule has 3 aromatic heterocycles. The van der Waals surface area contributed by atoms with Gasteiger partial charge in [0.25, 0.3) is 0 Å². The fraction of sp³-hybridized carbons (Fsp3) is 0.0588. The lowest BCUT2D eigenvalue weighted by Gasteiger charge is -2.10. The van der Waals surface area contributed by atoms with Crippen molar-refractivity contribution < 1.29 is 4.74 Å². The molecule has 0 atom stereocenters. The average molecular weight is 359 g/mol. The number of anilines is 1. The first-order valence-electron chi connectivity index (χ1n) is 7.87. The molecule has 10 nitrogen and oxygen atoms in total. The van der Waals surface area contributed by atoms with Gasteiger partial charge in [0.05, 0.1) is 18.5 Å². The number of nitrogens with zero attached hydrogens (tertiary/aromatic N) is 7. The van der Waals surface area contributed by atoms with Crippen LogP contribution in [0.4, 0.5) is 5.69 Å². The van der Waals surface area contributed by atoms with E-state index in [4.69, 9.17) is 4.74 Å². The van der Waals surface area contributed by atoms with Crippen molar-refractivity contribution in [2.75, 3.05) is 12.4 Å². The zero-order chi connectivity index (χ0) is 18.6. The molecular weight excluding hydrogens is 346 g/mol. The third-order valence-corrected chi connectivity index (χ3v) is 3.81. The van der Waals surface area contributed by atoms with Gasteiger partial charge in [0, 0.05) is 30.4 Å². The summed E-state index contributed by atoms with van der Waals surface area (Å²) in [6, 6.07) is 9.47. The minimum absolute atomic E-state index is 0.201. The number of fused-ring (bicyclic) bond motifs is 1. The number of tetrazole rings is 1. The Morgan fingerprint density at radius 1 is 1.41 bits per heavy atom. The van der Waals surface area contributed by atoms with E-state index in [-0.39, 0.29) is 11.4 Å². The molecule has 0 aliphatic rings. The van der Waals surface area contributed by atoms with Gasteiger partial charge in [0.2, 0.25) is 11.6 Å². The summed E-state index contributed by atoms with van der Waals surface area (Å²) in [7, 11) is 1.57. The normalized spacial score (nSPS) is 11.3. The van der Waals surface area contributed by atoms with E-state index in [2.05, 4.69) is 35.9 Å². The van der Waals surface area contributed by atoms with E-state index in [9.17, 15) is 5.26 Å². The second-order valence-corrected chi connectivity index (χ2v) is 5.42. The highest BCUT2D eigenvalue weighted by molar-refractivity contribution is 5.77. The zero-order valence-corrected chi connectivity index (χ0v) is 14.2. The fourth-order valence-corrected chi connectivity index (χ4v) is 2.52. The Kier molecular flexibility index (Phi) is 4.16. The van der Waals surface area contributed by atoms with Crippen molar-refractivity contribution in [1.82, 2.24) is 35.0 Å². The first kappa shape index (κ1) is 16.2. The SMILES string of the molecule is COc1ccc(-c2cn3cccnc3n2)cc1NC=C(C#N)c1nn[nH]n1. The van der Waals surface area contributed by atoms with Gasteiger partial charge in [-0.2, -0.15) is 10.5 Å². The number of hydrogen-bond donors (Lipinski definition) is 2. The minimum Gasteiger partial charge on any atom is -0.495 e. The molecule has 0 fully saturated rings. The standard InChI is InChI=1S/C17H13N9O/c1-27-15-4-3-11(14-10-26-6-2-5-19-17(26)21-14)7-13(15)20-9-12(8-18)16-22-24-25-23-16/h2-7,9-10,20H,1H3,(H,22,23,24,25). The summed E-state index contributed by atoms with van der Waals surface area (Å²) < 4.78 is 7.23. The lowest BCUT2D eigenvalue weighted by molar-refractivity contribution is 0.417. The van der Waals surface area contributed by atoms with E-state index in [1.54, 1.807) is 13.3 Å². The monoisotopic (exact) mass is 359 g/mol. The summed E-state index contributed by atoms with van der Waals surface area (Å²) in [4.78, 5) is 8.74. The van der Waals surface area contributed by atoms with Crippen LogP contribution in [0.25, 0.3) is 22.6 Å². The third kappa shape index (κ3) is 3.16. The Bertz CT molecular complexity index is 1120. The Morgan fingerprint density at radius 3 is 3.07 bits per heavy atom. The number of methoxy groups -OCH3 is 1. The highest BCUT2D eigenvalue weighted by atomic mass is 16.5. The Morgan fingerprint density at radius 2 is 2.33 bits per heavy atom. The molecule has 10 heteroatoms. The van der Waals surface area contributed by atoms with Crippen molar-refractivity contribution in [3.05, 3.63) is 54.9 Å². The highest BCUT2D eigenvalue weighted by Gasteiger charge is 2.10. The van der Waals surface area contributed by atoms with Crippen LogP contribution in [0.1, 0.15) is 5.82 Å². The number of aromatic nitrogens is 7. The van der Waals surface area contributed by atoms with Crippen molar-refractivity contribution in [3.8, 4) is 23.1 Å². The molecule has 0 radical (unpaired) electrons. The van der Waals surface area contributed by atoms with E-state index in [1.807, 2.05) is 47.1 Å². The lowest BCUT2D eigenvalue weighted by Crippen LogP contribution is -1.96. The molecule has 0 saturated carbocycles. The average Bonchev–Trinajstić information content (AvgIpc) is 3.38. The number of benzene rings is 1. The first-order chi connectivity index (χ1) is 13.3. The molecule has 2 N–H and O–H groups in total. The third-order valence-electron chi connectivity index (χ3n) is 3.81. The van der Waals surface area contributed by atoms with Crippen LogP contribution in [0.2, 0.25) is 0 Å². The number of nitriles is 1. The van der Waals surface area contributed by atoms with Gasteiger partial charge in [-0.3, -0.25) is 4.40 Å². The molecule has 0 saturated heterocycles. The molecule has 27 heavy (non-hydrogen) atoms. The molecular formula is C17H13N9O. The van der Waals surface area contributed by atoms with Crippen LogP contribution in [0, 0.1) is 11.3 Å². The smallest absolute Gasteiger partial charge is 0.234 e. The van der Waals surface area contributed by atoms with Crippen LogP contribution in [0.15, 0.2) is 49.1 Å². The summed E-state index contributed by atoms with van der Waals surface area (Å²) in [5.74, 6) is 1.43. The summed E-state index contributed by atoms with van der Waals surface area (Å²) in [5, 5.41) is 25.7. The molecule has 0 amide bonds. The van der Waals surface area contributed by atoms with Gasteiger partial charge in [0.1, 0.15) is 17.4 Å². The quantitative estimate of drug-likeness (QED) is 0.517. The summed E-state index contributed by atoms with van der Waals surface area (Å²) in [6.45, 7) is 0. The van der Waals surface area contributed by atoms with Crippen LogP contribution in [-0.4, -0.2) is 42.1 Å². The number of H-pyrrole nitrogens is 1. The van der Waals surface area contributed by atoms with Gasteiger partial charge >= 0.3 is 0 Å². The number of hydrogen-bond acceptors (Lipinski definition) is 8. The van der Waals surface area contributed by atoms with Gasteiger partial charge in [-0.15, -0.1) is 10.2 Å². The topological polar surface area (TPSA) is 130 Å². The van der Waals surface area contributed by atoms with Crippen LogP contribution < -0.4 is 10.1 Å². The van der Waals surface area contributed by atoms with Crippen LogP contribution >= 0.6 is 0 Å². The molecule has 0 unspecified atom stereocenters. The van der Waals surface area contributed by atoms with Crippen molar-refractivity contribution in [3.63, 3.8) is 0 Å². The number of nitrogens with one attached hydrogen (secondary N) is 2. The molecule has 4 aromatic rings. The number of rotatable bonds is 5. The molecule has 0 bridgehead atoms. The van der Waals surface area contributed by atoms with Crippen molar-refractivity contribution in [2.45, 2.75) is 0 Å². The molecule has 1 aromatic carbocycles. The Balaban J connectivity index is 1.70. The second-order valence-electron chi connectivity index (χ2n) is 5.42. The van der Waals surface area contributed by atoms with E-state index in [0.29, 0.717) is 17.2 Å². The van der Waals surface area contributed by atoms with Crippen LogP contribution in [0.5, 0.6) is 5.75 Å². The lowest BCUT2D eigenvalue weighted by atomic mass is 10.1. The largest absolute Gasteiger partial charge is 0.495 e. The van der Waals surface area contributed by atoms with Gasteiger partial charge < -0.3 is 10.1 Å². The Hall–Kier alpha value is -4.26. The number of imidazole rings is 1. The molecule has 132 valence electrons. The van der Waals surface area contributed by atoms with E-state index in [0.717, 1.165) is 11.3 Å². The van der Waals surface area contributed by atoms with Gasteiger partial charge in [-0.1, -0.05) is 0 Å². The molecule has 4 rings (SSSR count). The predicted octanol–water partition coefficient (Wildman–Crippen LogP) is 1.89. The number of allylic oxidation sites excluding steroid dienone is 1. The first-order valence-corrected chi connectivity index (χ1v) is 7.87. The molecule has 0 aliphatic carbocycles. The van der Waals surface area contributed by atoms with E-state index in [1.165, 1.54) is 6.20 Å². The molecule has 0 spiro atoms. The molecule has 3 heterocycles. The summed E-state index contributed by atoms with van der Waals surface area (Å²) in [5.41, 5.74) is 2.53. The van der Waals surface area contributed by atoms with Crippen molar-refractivity contribution >= 4 is 17.0 Å². The minimum atomic E-state index is 0.201. The van der Waals surface area contributed by atoms with Crippen molar-refractivity contribution in [1.29, 1.82) is 5.26 Å². The van der Waals surface area contributed by atoms with Crippen LogP contribution in [-0.2, 0) is 0 Å². The maximum absolute atomic E-state index is 9.28. The van der Waals surface area contributed by atoms with E-state index >= 15 is 0 Å². The maximum Gasteiger partial charge on any atom is 0.234 e. The van der Waals surface area contributed by atoms with Gasteiger partial charge in [-0.25, -0.2) is 9.97 Å². The number of ether oxygens (including phenoxy) is 1. The number of aromatic amines is 1. The molecule has 0 aliphatic heterocycles. The second kappa shape index (κ2) is 6.93. The van der Waals surface area contributed by atoms with E-state index < -0.39 is 0 Å². The summed E-state index contributed by atoms with van der Waals surface area (Å²) in [6.07, 6.45) is 6.97. The van der Waals surface area contributed by atoms with Gasteiger partial charge in [0.15, 0.2) is 0 Å². The van der Waals surface area contributed by atoms with Crippen LogP contribution in [0.3, 0.4) is 0 Å². The predicted molar refractivity (Wildman–Crippen MR) is 96.4 cm³/mol. The maximum atomic E-state index is 9.28. The Labute approximate surface area is 153 Å². The summed E-state index contributed by atoms with van der Waals surface area (Å²) >= 11 is 0. The van der Waals surface area contributed by atoms with Crippen molar-refractivity contribution in [2.24, 2.45) is 0 Å².